The Morgan fingerprint density at radius 2 is 2.15 bits per heavy atom. The van der Waals surface area contributed by atoms with Crippen molar-refractivity contribution >= 4 is 14.5 Å². The molecule has 0 N–H and O–H groups in total. The van der Waals surface area contributed by atoms with E-state index in [-0.39, 0.29) is 0 Å². The Morgan fingerprint density at radius 3 is 2.77 bits per heavy atom. The number of aryl methyl sites for hydroxylation is 1. The van der Waals surface area contributed by atoms with E-state index in [1.807, 2.05) is 0 Å². The second-order valence-corrected chi connectivity index (χ2v) is 4.23. The van der Waals surface area contributed by atoms with E-state index in [2.05, 4.69) is 53.4 Å². The Hall–Kier alpha value is -0.610. The van der Waals surface area contributed by atoms with Gasteiger partial charge in [0.15, 0.2) is 0 Å². The second kappa shape index (κ2) is 5.19. The van der Waals surface area contributed by atoms with E-state index in [0.717, 1.165) is 12.8 Å². The number of rotatable bonds is 3. The minimum atomic E-state index is 1.15. The van der Waals surface area contributed by atoms with E-state index >= 15 is 0 Å². The summed E-state index contributed by atoms with van der Waals surface area (Å²) < 4.78 is 0. The zero-order valence-electron chi connectivity index (χ0n) is 8.38. The van der Waals surface area contributed by atoms with Crippen LogP contribution in [0.2, 0.25) is 0 Å². The van der Waals surface area contributed by atoms with Gasteiger partial charge in [-0.15, -0.1) is 9.24 Å². The fraction of sp³-hybridized carbons (Fsp3) is 0.333. The fourth-order valence-electron chi connectivity index (χ4n) is 1.28. The van der Waals surface area contributed by atoms with Crippen LogP contribution in [0.25, 0.3) is 0 Å². The SMILES string of the molecule is CC(C)=CCCc1cccc(P)c1. The van der Waals surface area contributed by atoms with Gasteiger partial charge in [0.1, 0.15) is 0 Å². The van der Waals surface area contributed by atoms with Crippen molar-refractivity contribution in [1.82, 2.24) is 0 Å². The molecule has 0 amide bonds. The van der Waals surface area contributed by atoms with Gasteiger partial charge < -0.3 is 0 Å². The van der Waals surface area contributed by atoms with Crippen molar-refractivity contribution in [3.8, 4) is 0 Å². The van der Waals surface area contributed by atoms with E-state index in [1.54, 1.807) is 0 Å². The Morgan fingerprint density at radius 1 is 1.38 bits per heavy atom. The summed E-state index contributed by atoms with van der Waals surface area (Å²) in [4.78, 5) is 0. The maximum absolute atomic E-state index is 2.73. The molecule has 0 aliphatic carbocycles. The van der Waals surface area contributed by atoms with E-state index < -0.39 is 0 Å². The average Bonchev–Trinajstić information content (AvgIpc) is 2.03. The van der Waals surface area contributed by atoms with Crippen LogP contribution in [-0.2, 0) is 6.42 Å². The van der Waals surface area contributed by atoms with Crippen LogP contribution >= 0.6 is 9.24 Å². The van der Waals surface area contributed by atoms with Gasteiger partial charge in [0.2, 0.25) is 0 Å². The number of hydrogen-bond donors (Lipinski definition) is 0. The van der Waals surface area contributed by atoms with Crippen molar-refractivity contribution < 1.29 is 0 Å². The molecule has 13 heavy (non-hydrogen) atoms. The number of hydrogen-bond acceptors (Lipinski definition) is 0. The van der Waals surface area contributed by atoms with Crippen LogP contribution in [0.3, 0.4) is 0 Å². The normalized spacial score (nSPS) is 9.77. The average molecular weight is 192 g/mol. The smallest absolute Gasteiger partial charge is 0.0244 e. The van der Waals surface area contributed by atoms with Gasteiger partial charge in [-0.05, 0) is 37.6 Å². The molecule has 0 nitrogen and oxygen atoms in total. The van der Waals surface area contributed by atoms with Gasteiger partial charge in [0.05, 0.1) is 0 Å². The molecule has 1 atom stereocenters. The zero-order chi connectivity index (χ0) is 9.68. The summed E-state index contributed by atoms with van der Waals surface area (Å²) in [6, 6.07) is 8.63. The summed E-state index contributed by atoms with van der Waals surface area (Å²) >= 11 is 0. The van der Waals surface area contributed by atoms with Gasteiger partial charge in [-0.3, -0.25) is 0 Å². The molecule has 1 heteroatoms. The quantitative estimate of drug-likeness (QED) is 0.510. The standard InChI is InChI=1S/C12H17P/c1-10(2)5-3-6-11-7-4-8-12(13)9-11/h4-5,7-9H,3,6,13H2,1-2H3. The van der Waals surface area contributed by atoms with Gasteiger partial charge in [-0.2, -0.15) is 0 Å². The largest absolute Gasteiger partial charge is 0.106 e. The van der Waals surface area contributed by atoms with Gasteiger partial charge in [-0.1, -0.05) is 35.9 Å². The third kappa shape index (κ3) is 4.24. The summed E-state index contributed by atoms with van der Waals surface area (Å²) in [5.41, 5.74) is 2.83. The van der Waals surface area contributed by atoms with E-state index in [0.29, 0.717) is 0 Å². The van der Waals surface area contributed by atoms with Crippen LogP contribution < -0.4 is 5.30 Å². The predicted octanol–water partition coefficient (Wildman–Crippen LogP) is 3.09. The monoisotopic (exact) mass is 192 g/mol. The third-order valence-electron chi connectivity index (χ3n) is 1.94. The molecular weight excluding hydrogens is 175 g/mol. The predicted molar refractivity (Wildman–Crippen MR) is 63.5 cm³/mol. The first-order valence-electron chi connectivity index (χ1n) is 4.66. The molecule has 0 spiro atoms. The summed E-state index contributed by atoms with van der Waals surface area (Å²) in [5, 5.41) is 1.27. The molecule has 0 aliphatic heterocycles. The molecule has 0 saturated heterocycles. The molecule has 0 fully saturated rings. The number of benzene rings is 1. The molecular formula is C12H17P. The van der Waals surface area contributed by atoms with Gasteiger partial charge in [0, 0.05) is 0 Å². The van der Waals surface area contributed by atoms with Crippen molar-refractivity contribution in [2.24, 2.45) is 0 Å². The Bertz CT molecular complexity index is 296. The highest BCUT2D eigenvalue weighted by atomic mass is 31.0. The molecule has 0 bridgehead atoms. The Labute approximate surface area is 83.3 Å². The molecule has 70 valence electrons. The first kappa shape index (κ1) is 10.5. The highest BCUT2D eigenvalue weighted by Gasteiger charge is 1.91. The second-order valence-electron chi connectivity index (χ2n) is 3.57. The first-order valence-corrected chi connectivity index (χ1v) is 5.24. The summed E-state index contributed by atoms with van der Waals surface area (Å²) in [6.45, 7) is 4.29. The maximum Gasteiger partial charge on any atom is -0.0244 e. The lowest BCUT2D eigenvalue weighted by molar-refractivity contribution is 0.990. The molecule has 0 aromatic heterocycles. The van der Waals surface area contributed by atoms with Crippen LogP contribution in [0.1, 0.15) is 25.8 Å². The summed E-state index contributed by atoms with van der Waals surface area (Å²) in [5.74, 6) is 0. The van der Waals surface area contributed by atoms with Crippen LogP contribution in [0.4, 0.5) is 0 Å². The summed E-state index contributed by atoms with van der Waals surface area (Å²) in [6.07, 6.45) is 4.58. The zero-order valence-corrected chi connectivity index (χ0v) is 9.53. The Kier molecular flexibility index (Phi) is 4.18. The van der Waals surface area contributed by atoms with Crippen molar-refractivity contribution in [2.75, 3.05) is 0 Å². The lowest BCUT2D eigenvalue weighted by Crippen LogP contribution is -1.92. The highest BCUT2D eigenvalue weighted by molar-refractivity contribution is 7.27. The highest BCUT2D eigenvalue weighted by Crippen LogP contribution is 2.04. The maximum atomic E-state index is 2.73. The van der Waals surface area contributed by atoms with Crippen molar-refractivity contribution in [1.29, 1.82) is 0 Å². The molecule has 0 radical (unpaired) electrons. The third-order valence-corrected chi connectivity index (χ3v) is 2.30. The lowest BCUT2D eigenvalue weighted by Gasteiger charge is -1.99. The van der Waals surface area contributed by atoms with Crippen molar-refractivity contribution in [2.45, 2.75) is 26.7 Å². The fourth-order valence-corrected chi connectivity index (χ4v) is 1.60. The molecule has 1 rings (SSSR count). The van der Waals surface area contributed by atoms with Gasteiger partial charge in [0.25, 0.3) is 0 Å². The molecule has 0 aliphatic rings. The molecule has 1 aromatic rings. The van der Waals surface area contributed by atoms with Crippen LogP contribution in [0.15, 0.2) is 35.9 Å². The van der Waals surface area contributed by atoms with Crippen LogP contribution in [0, 0.1) is 0 Å². The van der Waals surface area contributed by atoms with E-state index in [4.69, 9.17) is 0 Å². The lowest BCUT2D eigenvalue weighted by atomic mass is 10.1. The first-order chi connectivity index (χ1) is 6.18. The summed E-state index contributed by atoms with van der Waals surface area (Å²) in [7, 11) is 2.73. The molecule has 1 aromatic carbocycles. The molecule has 1 unspecified atom stereocenters. The molecule has 0 heterocycles. The van der Waals surface area contributed by atoms with Gasteiger partial charge in [-0.25, -0.2) is 0 Å². The number of allylic oxidation sites excluding steroid dienone is 2. The van der Waals surface area contributed by atoms with Crippen molar-refractivity contribution in [3.05, 3.63) is 41.5 Å². The van der Waals surface area contributed by atoms with E-state index in [1.165, 1.54) is 16.4 Å². The minimum Gasteiger partial charge on any atom is -0.106 e. The topological polar surface area (TPSA) is 0 Å². The van der Waals surface area contributed by atoms with Crippen LogP contribution in [0.5, 0.6) is 0 Å². The van der Waals surface area contributed by atoms with E-state index in [9.17, 15) is 0 Å². The molecule has 0 saturated carbocycles. The van der Waals surface area contributed by atoms with Gasteiger partial charge >= 0.3 is 0 Å². The Balaban J connectivity index is 2.50. The minimum absolute atomic E-state index is 1.15. The van der Waals surface area contributed by atoms with Crippen molar-refractivity contribution in [3.63, 3.8) is 0 Å². The van der Waals surface area contributed by atoms with Crippen LogP contribution in [-0.4, -0.2) is 0 Å².